The highest BCUT2D eigenvalue weighted by atomic mass is 79.9. The van der Waals surface area contributed by atoms with Crippen molar-refractivity contribution in [3.63, 3.8) is 0 Å². The number of carbonyl (C=O) groups is 1. The van der Waals surface area contributed by atoms with Crippen LogP contribution in [0.25, 0.3) is 0 Å². The van der Waals surface area contributed by atoms with Crippen LogP contribution in [0, 0.1) is 6.92 Å². The highest BCUT2D eigenvalue weighted by Gasteiger charge is 2.17. The molecule has 1 amide bonds. The smallest absolute Gasteiger partial charge is 0.253 e. The summed E-state index contributed by atoms with van der Waals surface area (Å²) in [6, 6.07) is 7.80. The van der Waals surface area contributed by atoms with Crippen molar-refractivity contribution in [2.45, 2.75) is 25.9 Å². The highest BCUT2D eigenvalue weighted by Crippen LogP contribution is 2.23. The Morgan fingerprint density at radius 2 is 2.21 bits per heavy atom. The Labute approximate surface area is 149 Å². The number of hydrogen-bond acceptors (Lipinski definition) is 4. The van der Waals surface area contributed by atoms with Gasteiger partial charge in [-0.05, 0) is 49.6 Å². The molecule has 1 unspecified atom stereocenters. The van der Waals surface area contributed by atoms with Crippen molar-refractivity contribution >= 4 is 33.2 Å². The zero-order valence-electron chi connectivity index (χ0n) is 13.5. The fourth-order valence-corrected chi connectivity index (χ4v) is 2.88. The van der Waals surface area contributed by atoms with Crippen molar-refractivity contribution in [2.75, 3.05) is 18.5 Å². The average molecular weight is 390 g/mol. The number of aromatic nitrogens is 1. The average Bonchev–Trinajstić information content (AvgIpc) is 3.10. The lowest BCUT2D eigenvalue weighted by molar-refractivity contribution is 0.0857. The van der Waals surface area contributed by atoms with E-state index in [-0.39, 0.29) is 12.0 Å². The van der Waals surface area contributed by atoms with Crippen molar-refractivity contribution < 1.29 is 9.53 Å². The molecule has 1 fully saturated rings. The fourth-order valence-electron chi connectivity index (χ4n) is 2.64. The molecule has 3 rings (SSSR count). The second-order valence-corrected chi connectivity index (χ2v) is 6.75. The second-order valence-electron chi connectivity index (χ2n) is 5.90. The standard InChI is InChI=1S/C18H20BrN3O2/c1-12-7-14(4-5-17(12)19)22-15-8-13(9-20-10-15)18(23)21-11-16-3-2-6-24-16/h4-5,7-10,16,22H,2-3,6,11H2,1H3,(H,21,23). The van der Waals surface area contributed by atoms with E-state index in [1.54, 1.807) is 18.5 Å². The van der Waals surface area contributed by atoms with E-state index in [1.165, 1.54) is 0 Å². The van der Waals surface area contributed by atoms with Gasteiger partial charge in [-0.2, -0.15) is 0 Å². The maximum Gasteiger partial charge on any atom is 0.253 e. The van der Waals surface area contributed by atoms with Gasteiger partial charge < -0.3 is 15.4 Å². The monoisotopic (exact) mass is 389 g/mol. The predicted molar refractivity (Wildman–Crippen MR) is 97.7 cm³/mol. The first-order valence-corrected chi connectivity index (χ1v) is 8.79. The molecular formula is C18H20BrN3O2. The predicted octanol–water partition coefficient (Wildman–Crippen LogP) is 3.80. The molecule has 1 aliphatic heterocycles. The summed E-state index contributed by atoms with van der Waals surface area (Å²) in [5.74, 6) is -0.131. The summed E-state index contributed by atoms with van der Waals surface area (Å²) in [5.41, 5.74) is 3.40. The molecule has 126 valence electrons. The number of amides is 1. The second kappa shape index (κ2) is 7.77. The molecule has 2 heterocycles. The first kappa shape index (κ1) is 16.9. The van der Waals surface area contributed by atoms with Crippen LogP contribution in [0.4, 0.5) is 11.4 Å². The molecule has 2 aromatic rings. The van der Waals surface area contributed by atoms with E-state index in [0.29, 0.717) is 12.1 Å². The number of rotatable bonds is 5. The van der Waals surface area contributed by atoms with Crippen molar-refractivity contribution in [2.24, 2.45) is 0 Å². The number of pyridine rings is 1. The minimum absolute atomic E-state index is 0.131. The Morgan fingerprint density at radius 3 is 2.96 bits per heavy atom. The van der Waals surface area contributed by atoms with E-state index < -0.39 is 0 Å². The molecule has 0 bridgehead atoms. The van der Waals surface area contributed by atoms with E-state index in [4.69, 9.17) is 4.74 Å². The van der Waals surface area contributed by atoms with Gasteiger partial charge in [-0.1, -0.05) is 15.9 Å². The molecule has 1 aromatic heterocycles. The maximum atomic E-state index is 12.3. The number of hydrogen-bond donors (Lipinski definition) is 2. The molecule has 1 saturated heterocycles. The van der Waals surface area contributed by atoms with Crippen molar-refractivity contribution in [1.82, 2.24) is 10.3 Å². The number of carbonyl (C=O) groups excluding carboxylic acids is 1. The van der Waals surface area contributed by atoms with Gasteiger partial charge >= 0.3 is 0 Å². The van der Waals surface area contributed by atoms with Crippen LogP contribution in [0.5, 0.6) is 0 Å². The third kappa shape index (κ3) is 4.33. The Bertz CT molecular complexity index is 730. The Morgan fingerprint density at radius 1 is 1.33 bits per heavy atom. The van der Waals surface area contributed by atoms with Gasteiger partial charge in [-0.15, -0.1) is 0 Å². The largest absolute Gasteiger partial charge is 0.376 e. The van der Waals surface area contributed by atoms with Gasteiger partial charge in [-0.3, -0.25) is 9.78 Å². The number of halogens is 1. The minimum atomic E-state index is -0.131. The fraction of sp³-hybridized carbons (Fsp3) is 0.333. The number of anilines is 2. The van der Waals surface area contributed by atoms with Crippen molar-refractivity contribution in [3.8, 4) is 0 Å². The lowest BCUT2D eigenvalue weighted by Gasteiger charge is -2.12. The molecule has 0 radical (unpaired) electrons. The molecule has 5 nitrogen and oxygen atoms in total. The topological polar surface area (TPSA) is 63.2 Å². The van der Waals surface area contributed by atoms with Crippen molar-refractivity contribution in [1.29, 1.82) is 0 Å². The van der Waals surface area contributed by atoms with Crippen LogP contribution in [-0.2, 0) is 4.74 Å². The van der Waals surface area contributed by atoms with Crippen LogP contribution < -0.4 is 10.6 Å². The van der Waals surface area contributed by atoms with Gasteiger partial charge in [0.25, 0.3) is 5.91 Å². The molecule has 0 aliphatic carbocycles. The normalized spacial score (nSPS) is 16.8. The van der Waals surface area contributed by atoms with Gasteiger partial charge in [0, 0.05) is 29.5 Å². The Kier molecular flexibility index (Phi) is 5.48. The van der Waals surface area contributed by atoms with E-state index in [9.17, 15) is 4.79 Å². The maximum absolute atomic E-state index is 12.3. The van der Waals surface area contributed by atoms with E-state index in [2.05, 4.69) is 31.5 Å². The summed E-state index contributed by atoms with van der Waals surface area (Å²) in [4.78, 5) is 16.4. The first-order chi connectivity index (χ1) is 11.6. The van der Waals surface area contributed by atoms with Gasteiger partial charge in [0.2, 0.25) is 0 Å². The number of benzene rings is 1. The zero-order chi connectivity index (χ0) is 16.9. The third-order valence-electron chi connectivity index (χ3n) is 3.96. The lowest BCUT2D eigenvalue weighted by Crippen LogP contribution is -2.31. The van der Waals surface area contributed by atoms with Crippen molar-refractivity contribution in [3.05, 3.63) is 52.3 Å². The van der Waals surface area contributed by atoms with E-state index in [1.807, 2.05) is 25.1 Å². The summed E-state index contributed by atoms with van der Waals surface area (Å²) < 4.78 is 6.58. The molecule has 1 aromatic carbocycles. The SMILES string of the molecule is Cc1cc(Nc2cncc(C(=O)NCC3CCCO3)c2)ccc1Br. The molecule has 2 N–H and O–H groups in total. The number of ether oxygens (including phenoxy) is 1. The summed E-state index contributed by atoms with van der Waals surface area (Å²) in [6.07, 6.45) is 5.47. The number of aryl methyl sites for hydroxylation is 1. The Hall–Kier alpha value is -1.92. The first-order valence-electron chi connectivity index (χ1n) is 8.00. The molecule has 24 heavy (non-hydrogen) atoms. The molecule has 0 saturated carbocycles. The summed E-state index contributed by atoms with van der Waals surface area (Å²) in [5, 5.41) is 6.19. The molecule has 1 aliphatic rings. The number of nitrogens with zero attached hydrogens (tertiary/aromatic N) is 1. The van der Waals surface area contributed by atoms with E-state index in [0.717, 1.165) is 40.9 Å². The summed E-state index contributed by atoms with van der Waals surface area (Å²) in [7, 11) is 0. The lowest BCUT2D eigenvalue weighted by atomic mass is 10.2. The summed E-state index contributed by atoms with van der Waals surface area (Å²) >= 11 is 3.49. The molecule has 6 heteroatoms. The highest BCUT2D eigenvalue weighted by molar-refractivity contribution is 9.10. The third-order valence-corrected chi connectivity index (χ3v) is 4.85. The molecule has 0 spiro atoms. The molecule has 1 atom stereocenters. The zero-order valence-corrected chi connectivity index (χ0v) is 15.1. The van der Waals surface area contributed by atoms with Crippen LogP contribution in [-0.4, -0.2) is 30.1 Å². The molecular weight excluding hydrogens is 370 g/mol. The number of nitrogens with one attached hydrogen (secondary N) is 2. The Balaban J connectivity index is 1.64. The minimum Gasteiger partial charge on any atom is -0.376 e. The van der Waals surface area contributed by atoms with Crippen LogP contribution in [0.2, 0.25) is 0 Å². The van der Waals surface area contributed by atoms with Crippen LogP contribution in [0.1, 0.15) is 28.8 Å². The van der Waals surface area contributed by atoms with E-state index >= 15 is 0 Å². The summed E-state index contributed by atoms with van der Waals surface area (Å²) in [6.45, 7) is 3.36. The van der Waals surface area contributed by atoms with Crippen LogP contribution >= 0.6 is 15.9 Å². The van der Waals surface area contributed by atoms with Gasteiger partial charge in [0.05, 0.1) is 23.6 Å². The van der Waals surface area contributed by atoms with Gasteiger partial charge in [0.15, 0.2) is 0 Å². The van der Waals surface area contributed by atoms with Crippen LogP contribution in [0.15, 0.2) is 41.1 Å². The van der Waals surface area contributed by atoms with Gasteiger partial charge in [0.1, 0.15) is 0 Å². The van der Waals surface area contributed by atoms with Gasteiger partial charge in [-0.25, -0.2) is 0 Å². The quantitative estimate of drug-likeness (QED) is 0.815. The van der Waals surface area contributed by atoms with Crippen LogP contribution in [0.3, 0.4) is 0 Å².